The molecule has 5 atom stereocenters. The van der Waals surface area contributed by atoms with Gasteiger partial charge >= 0.3 is 5.97 Å². The van der Waals surface area contributed by atoms with Gasteiger partial charge in [-0.3, -0.25) is 0 Å². The van der Waals surface area contributed by atoms with E-state index in [1.165, 1.54) is 0 Å². The van der Waals surface area contributed by atoms with Gasteiger partial charge in [0.1, 0.15) is 24.4 Å². The van der Waals surface area contributed by atoms with Gasteiger partial charge in [-0.15, -0.1) is 0 Å². The highest BCUT2D eigenvalue weighted by atomic mass is 16.7. The lowest BCUT2D eigenvalue weighted by atomic mass is 9.98. The van der Waals surface area contributed by atoms with Crippen LogP contribution in [0.2, 0.25) is 0 Å². The molecule has 0 saturated carbocycles. The predicted octanol–water partition coefficient (Wildman–Crippen LogP) is 7.13. The van der Waals surface area contributed by atoms with Gasteiger partial charge in [0, 0.05) is 26.4 Å². The molecule has 0 amide bonds. The minimum Gasteiger partial charge on any atom is -0.493 e. The molecule has 1 heterocycles. The summed E-state index contributed by atoms with van der Waals surface area (Å²) in [4.78, 5) is 13.5. The number of methoxy groups -OCH3 is 1. The molecule has 1 aromatic carbocycles. The van der Waals surface area contributed by atoms with Gasteiger partial charge in [-0.1, -0.05) is 66.7 Å². The maximum Gasteiger partial charge on any atom is 0.340 e. The van der Waals surface area contributed by atoms with Crippen molar-refractivity contribution in [1.29, 1.82) is 0 Å². The lowest BCUT2D eigenvalue weighted by molar-refractivity contribution is -0.310. The Hall–Kier alpha value is -1.91. The van der Waals surface area contributed by atoms with Crippen LogP contribution in [0.5, 0.6) is 11.5 Å². The van der Waals surface area contributed by atoms with Crippen molar-refractivity contribution in [2.75, 3.05) is 46.8 Å². The number of unbranched alkanes of at least 4 members (excludes halogenated alkanes) is 5. The van der Waals surface area contributed by atoms with Crippen molar-refractivity contribution in [3.63, 3.8) is 0 Å². The molecule has 0 radical (unpaired) electrons. The fourth-order valence-corrected chi connectivity index (χ4v) is 4.63. The highest BCUT2D eigenvalue weighted by Crippen LogP contribution is 2.32. The minimum absolute atomic E-state index is 0.303. The molecule has 9 heteroatoms. The van der Waals surface area contributed by atoms with Crippen molar-refractivity contribution >= 4 is 5.97 Å². The maximum absolute atomic E-state index is 13.5. The van der Waals surface area contributed by atoms with Crippen LogP contribution in [0.3, 0.4) is 0 Å². The third-order valence-electron chi connectivity index (χ3n) is 7.32. The van der Waals surface area contributed by atoms with Gasteiger partial charge < -0.3 is 37.9 Å². The Morgan fingerprint density at radius 2 is 1.26 bits per heavy atom. The summed E-state index contributed by atoms with van der Waals surface area (Å²) in [5, 5.41) is 0. The van der Waals surface area contributed by atoms with Crippen LogP contribution in [0.25, 0.3) is 0 Å². The van der Waals surface area contributed by atoms with Crippen LogP contribution in [-0.2, 0) is 28.4 Å². The molecular weight excluding hydrogens is 552 g/mol. The molecule has 1 saturated heterocycles. The van der Waals surface area contributed by atoms with Crippen molar-refractivity contribution in [2.24, 2.45) is 0 Å². The van der Waals surface area contributed by atoms with Gasteiger partial charge in [0.2, 0.25) is 6.29 Å². The molecule has 0 N–H and O–H groups in total. The molecule has 0 spiro atoms. The zero-order valence-corrected chi connectivity index (χ0v) is 27.6. The van der Waals surface area contributed by atoms with E-state index in [0.29, 0.717) is 56.7 Å². The Balaban J connectivity index is 2.35. The second-order valence-corrected chi connectivity index (χ2v) is 11.0. The van der Waals surface area contributed by atoms with Crippen LogP contribution in [0.15, 0.2) is 18.2 Å². The van der Waals surface area contributed by atoms with Gasteiger partial charge in [0.05, 0.1) is 25.9 Å². The van der Waals surface area contributed by atoms with Crippen LogP contribution >= 0.6 is 0 Å². The summed E-state index contributed by atoms with van der Waals surface area (Å²) < 4.78 is 49.1. The summed E-state index contributed by atoms with van der Waals surface area (Å²) in [7, 11) is 1.55. The Morgan fingerprint density at radius 1 is 0.698 bits per heavy atom. The van der Waals surface area contributed by atoms with E-state index in [0.717, 1.165) is 64.2 Å². The third kappa shape index (κ3) is 12.9. The van der Waals surface area contributed by atoms with Crippen LogP contribution in [0, 0.1) is 0 Å². The number of hydrogen-bond acceptors (Lipinski definition) is 9. The average molecular weight is 611 g/mol. The number of rotatable bonds is 24. The number of benzene rings is 1. The second kappa shape index (κ2) is 22.6. The van der Waals surface area contributed by atoms with E-state index in [1.54, 1.807) is 25.3 Å². The molecule has 1 aliphatic rings. The van der Waals surface area contributed by atoms with Crippen LogP contribution < -0.4 is 9.47 Å². The molecule has 1 aliphatic heterocycles. The van der Waals surface area contributed by atoms with E-state index in [4.69, 9.17) is 37.9 Å². The van der Waals surface area contributed by atoms with E-state index in [-0.39, 0.29) is 0 Å². The fraction of sp³-hybridized carbons (Fsp3) is 0.794. The molecule has 43 heavy (non-hydrogen) atoms. The van der Waals surface area contributed by atoms with E-state index >= 15 is 0 Å². The molecule has 9 nitrogen and oxygen atoms in total. The summed E-state index contributed by atoms with van der Waals surface area (Å²) in [6, 6.07) is 5.05. The minimum atomic E-state index is -1.01. The largest absolute Gasteiger partial charge is 0.493 e. The van der Waals surface area contributed by atoms with Crippen molar-refractivity contribution < 1.29 is 42.7 Å². The molecular formula is C34H58O9. The van der Waals surface area contributed by atoms with Crippen LogP contribution in [-0.4, -0.2) is 83.4 Å². The molecule has 1 aromatic rings. The summed E-state index contributed by atoms with van der Waals surface area (Å²) in [5.41, 5.74) is 0.330. The molecule has 248 valence electrons. The molecule has 0 aliphatic carbocycles. The third-order valence-corrected chi connectivity index (χ3v) is 7.32. The van der Waals surface area contributed by atoms with Crippen molar-refractivity contribution in [1.82, 2.24) is 0 Å². The molecule has 5 unspecified atom stereocenters. The van der Waals surface area contributed by atoms with Crippen molar-refractivity contribution in [3.8, 4) is 11.5 Å². The summed E-state index contributed by atoms with van der Waals surface area (Å²) in [5.74, 6) is 0.511. The first kappa shape index (κ1) is 37.3. The van der Waals surface area contributed by atoms with Gasteiger partial charge in [-0.25, -0.2) is 4.79 Å². The molecule has 0 aromatic heterocycles. The van der Waals surface area contributed by atoms with E-state index in [2.05, 4.69) is 34.6 Å². The predicted molar refractivity (Wildman–Crippen MR) is 167 cm³/mol. The zero-order chi connectivity index (χ0) is 31.3. The molecule has 1 fully saturated rings. The summed E-state index contributed by atoms with van der Waals surface area (Å²) in [6.45, 7) is 13.7. The lowest BCUT2D eigenvalue weighted by Gasteiger charge is -2.45. The Kier molecular flexibility index (Phi) is 19.6. The standard InChI is InChI=1S/C34H58O9/c1-7-12-19-37-25-29-30(39-21-14-9-3)31(40-22-15-10-4)32(41-23-16-11-5)34(42-29)43-33(35)26-17-18-27(28(24-26)36-6)38-20-13-8-2/h17-18,24,29-32,34H,7-16,19-23,25H2,1-6H3. The smallest absolute Gasteiger partial charge is 0.340 e. The van der Waals surface area contributed by atoms with Crippen molar-refractivity contribution in [3.05, 3.63) is 23.8 Å². The van der Waals surface area contributed by atoms with E-state index in [9.17, 15) is 4.79 Å². The monoisotopic (exact) mass is 610 g/mol. The summed E-state index contributed by atoms with van der Waals surface area (Å²) in [6.07, 6.45) is 6.51. The van der Waals surface area contributed by atoms with Gasteiger partial charge in [0.25, 0.3) is 0 Å². The highest BCUT2D eigenvalue weighted by molar-refractivity contribution is 5.90. The molecule has 0 bridgehead atoms. The first-order valence-electron chi connectivity index (χ1n) is 16.6. The second-order valence-electron chi connectivity index (χ2n) is 11.0. The van der Waals surface area contributed by atoms with Crippen LogP contribution in [0.1, 0.15) is 109 Å². The summed E-state index contributed by atoms with van der Waals surface area (Å²) >= 11 is 0. The number of ether oxygens (including phenoxy) is 8. The van der Waals surface area contributed by atoms with Gasteiger partial charge in [-0.2, -0.15) is 0 Å². The Labute approximate surface area is 260 Å². The Morgan fingerprint density at radius 3 is 1.86 bits per heavy atom. The van der Waals surface area contributed by atoms with Crippen molar-refractivity contribution in [2.45, 2.75) is 130 Å². The van der Waals surface area contributed by atoms with E-state index < -0.39 is 36.7 Å². The zero-order valence-electron chi connectivity index (χ0n) is 27.6. The maximum atomic E-state index is 13.5. The Bertz CT molecular complexity index is 864. The SMILES string of the molecule is CCCCOCC1OC(OC(=O)c2ccc(OCCCC)c(OC)c2)C(OCCCC)C(OCCCC)C1OCCCC. The topological polar surface area (TPSA) is 90.9 Å². The number of hydrogen-bond donors (Lipinski definition) is 0. The fourth-order valence-electron chi connectivity index (χ4n) is 4.63. The average Bonchev–Trinajstić information content (AvgIpc) is 3.01. The van der Waals surface area contributed by atoms with Gasteiger partial charge in [-0.05, 0) is 50.3 Å². The van der Waals surface area contributed by atoms with E-state index in [1.807, 2.05) is 0 Å². The first-order chi connectivity index (χ1) is 21.0. The number of carbonyl (C=O) groups is 1. The quantitative estimate of drug-likeness (QED) is 0.0895. The van der Waals surface area contributed by atoms with Gasteiger partial charge in [0.15, 0.2) is 11.5 Å². The molecule has 2 rings (SSSR count). The number of esters is 1. The first-order valence-corrected chi connectivity index (χ1v) is 16.6. The highest BCUT2D eigenvalue weighted by Gasteiger charge is 2.50. The lowest BCUT2D eigenvalue weighted by Crippen LogP contribution is -2.62. The normalized spacial score (nSPS) is 22.0. The van der Waals surface area contributed by atoms with Crippen LogP contribution in [0.4, 0.5) is 0 Å². The number of carbonyl (C=O) groups excluding carboxylic acids is 1.